The van der Waals surface area contributed by atoms with E-state index in [1.54, 1.807) is 0 Å². The second kappa shape index (κ2) is 12.2. The molecule has 1 aliphatic rings. The molecule has 1 aromatic rings. The number of nitrogens with one attached hydrogen (secondary N) is 1. The van der Waals surface area contributed by atoms with E-state index in [9.17, 15) is 54.2 Å². The van der Waals surface area contributed by atoms with Crippen LogP contribution in [0.4, 0.5) is 0 Å². The number of H-pyrrole nitrogens is 1. The highest BCUT2D eigenvalue weighted by Gasteiger charge is 2.47. The van der Waals surface area contributed by atoms with Gasteiger partial charge in [0, 0.05) is 12.3 Å². The first kappa shape index (κ1) is 30.6. The summed E-state index contributed by atoms with van der Waals surface area (Å²) in [6.07, 6.45) is -15.3. The molecule has 1 aromatic heterocycles. The predicted octanol–water partition coefficient (Wildman–Crippen LogP) is -4.95. The number of aromatic nitrogens is 2. The lowest BCUT2D eigenvalue weighted by Crippen LogP contribution is -2.47. The molecule has 0 spiro atoms. The summed E-state index contributed by atoms with van der Waals surface area (Å²) >= 11 is 0. The molecule has 9 N–H and O–H groups in total. The zero-order valence-electron chi connectivity index (χ0n) is 17.9. The molecule has 1 fully saturated rings. The summed E-state index contributed by atoms with van der Waals surface area (Å²) in [6, 6.07) is 0.903. The van der Waals surface area contributed by atoms with Crippen LogP contribution in [0.5, 0.6) is 0 Å². The molecular weight excluding hydrogens is 542 g/mol. The molecule has 0 bridgehead atoms. The van der Waals surface area contributed by atoms with Crippen molar-refractivity contribution in [1.29, 1.82) is 0 Å². The first-order valence-corrected chi connectivity index (χ1v) is 12.7. The summed E-state index contributed by atoms with van der Waals surface area (Å²) in [4.78, 5) is 53.7. The fraction of sp³-hybridized carbons (Fsp3) is 0.667. The molecule has 1 aliphatic heterocycles. The standard InChI is InChI=1S/C15H24N2O17P2/c18-3-6(20)10(22)11(23)7(4-19)33-36(30,34-35(27,28)29)31-5-8-12(24)13(25)14(32-8)17-2-1-9(21)16-15(17)26/h1-3,6-8,10-14,19-20,22-25H,4-5H2,(H,16,21,26)(H2,27,28,29)/t6-,7+,8+,10+,11+,12+,13+,14+,36?/m0/s1. The molecule has 0 saturated carbocycles. The zero-order chi connectivity index (χ0) is 27.4. The maximum atomic E-state index is 12.9. The van der Waals surface area contributed by atoms with E-state index in [2.05, 4.69) is 8.83 Å². The van der Waals surface area contributed by atoms with Crippen molar-refractivity contribution >= 4 is 21.9 Å². The third-order valence-electron chi connectivity index (χ3n) is 4.73. The molecule has 0 amide bonds. The molecule has 1 saturated heterocycles. The Kier molecular flexibility index (Phi) is 10.4. The number of rotatable bonds is 13. The van der Waals surface area contributed by atoms with Crippen molar-refractivity contribution < 1.29 is 72.4 Å². The highest BCUT2D eigenvalue weighted by molar-refractivity contribution is 7.61. The lowest BCUT2D eigenvalue weighted by atomic mass is 10.0. The zero-order valence-corrected chi connectivity index (χ0v) is 19.6. The Morgan fingerprint density at radius 3 is 2.31 bits per heavy atom. The number of aliphatic hydroxyl groups excluding tert-OH is 6. The average molecular weight is 566 g/mol. The Balaban J connectivity index is 2.22. The van der Waals surface area contributed by atoms with Gasteiger partial charge in [0.25, 0.3) is 5.56 Å². The minimum absolute atomic E-state index is 0.196. The number of aliphatic hydroxyl groups is 6. The quantitative estimate of drug-likeness (QED) is 0.0797. The second-order valence-electron chi connectivity index (χ2n) is 7.31. The first-order chi connectivity index (χ1) is 16.6. The van der Waals surface area contributed by atoms with Gasteiger partial charge in [-0.25, -0.2) is 13.9 Å². The predicted molar refractivity (Wildman–Crippen MR) is 110 cm³/mol. The molecular formula is C15H24N2O17P2. The van der Waals surface area contributed by atoms with Crippen LogP contribution in [-0.4, -0.2) is 112 Å². The van der Waals surface area contributed by atoms with Gasteiger partial charge in [-0.3, -0.25) is 23.4 Å². The van der Waals surface area contributed by atoms with Crippen LogP contribution in [0.3, 0.4) is 0 Å². The fourth-order valence-electron chi connectivity index (χ4n) is 2.96. The third kappa shape index (κ3) is 7.67. The van der Waals surface area contributed by atoms with Gasteiger partial charge in [0.2, 0.25) is 0 Å². The summed E-state index contributed by atoms with van der Waals surface area (Å²) in [7, 11) is -11.2. The van der Waals surface area contributed by atoms with Gasteiger partial charge in [-0.15, -0.1) is 0 Å². The molecule has 0 radical (unpaired) electrons. The third-order valence-corrected chi connectivity index (χ3v) is 7.38. The number of carbonyl (C=O) groups is 1. The van der Waals surface area contributed by atoms with Crippen molar-refractivity contribution in [2.24, 2.45) is 0 Å². The molecule has 1 unspecified atom stereocenters. The van der Waals surface area contributed by atoms with Crippen LogP contribution in [0.2, 0.25) is 0 Å². The summed E-state index contributed by atoms with van der Waals surface area (Å²) in [5, 5.41) is 58.7. The molecule has 2 rings (SSSR count). The molecule has 9 atom stereocenters. The van der Waals surface area contributed by atoms with Crippen molar-refractivity contribution in [2.75, 3.05) is 13.2 Å². The minimum atomic E-state index is -5.67. The minimum Gasteiger partial charge on any atom is -0.394 e. The summed E-state index contributed by atoms with van der Waals surface area (Å²) in [6.45, 7) is -2.40. The number of hydrogen-bond acceptors (Lipinski definition) is 15. The first-order valence-electron chi connectivity index (χ1n) is 9.75. The Bertz CT molecular complexity index is 1100. The van der Waals surface area contributed by atoms with E-state index in [0.717, 1.165) is 12.3 Å². The van der Waals surface area contributed by atoms with E-state index < -0.39 is 89.1 Å². The monoisotopic (exact) mass is 566 g/mol. The van der Waals surface area contributed by atoms with Gasteiger partial charge in [-0.05, 0) is 0 Å². The van der Waals surface area contributed by atoms with Gasteiger partial charge in [0.1, 0.15) is 42.7 Å². The normalized spacial score (nSPS) is 27.7. The SMILES string of the molecule is O=C[C@H](O)[C@@H](O)[C@H](O)[C@@H](CO)OP(=O)(OC[C@H]1O[C@@H](n2ccc(=O)[nH]c2=O)[C@H](O)[C@@H]1O)OP(=O)(O)O. The van der Waals surface area contributed by atoms with Crippen LogP contribution in [0, 0.1) is 0 Å². The Morgan fingerprint density at radius 1 is 1.14 bits per heavy atom. The van der Waals surface area contributed by atoms with Gasteiger partial charge in [0.15, 0.2) is 12.5 Å². The fourth-order valence-corrected chi connectivity index (χ4v) is 5.26. The van der Waals surface area contributed by atoms with Crippen molar-refractivity contribution in [2.45, 2.75) is 49.0 Å². The van der Waals surface area contributed by atoms with Crippen LogP contribution >= 0.6 is 15.6 Å². The van der Waals surface area contributed by atoms with Gasteiger partial charge >= 0.3 is 21.3 Å². The number of phosphoric ester groups is 1. The van der Waals surface area contributed by atoms with Crippen LogP contribution in [-0.2, 0) is 32.0 Å². The smallest absolute Gasteiger partial charge is 0.394 e. The molecule has 2 heterocycles. The Labute approximate surface area is 199 Å². The summed E-state index contributed by atoms with van der Waals surface area (Å²) in [5.41, 5.74) is -1.81. The van der Waals surface area contributed by atoms with Crippen molar-refractivity contribution in [1.82, 2.24) is 9.55 Å². The lowest BCUT2D eigenvalue weighted by Gasteiger charge is -2.29. The number of carbonyl (C=O) groups excluding carboxylic acids is 1. The molecule has 36 heavy (non-hydrogen) atoms. The van der Waals surface area contributed by atoms with E-state index in [4.69, 9.17) is 19.0 Å². The van der Waals surface area contributed by atoms with Crippen molar-refractivity contribution in [3.63, 3.8) is 0 Å². The number of hydrogen-bond donors (Lipinski definition) is 9. The van der Waals surface area contributed by atoms with Gasteiger partial charge in [-0.2, -0.15) is 4.31 Å². The van der Waals surface area contributed by atoms with Crippen molar-refractivity contribution in [3.8, 4) is 0 Å². The summed E-state index contributed by atoms with van der Waals surface area (Å²) < 4.78 is 43.5. The van der Waals surface area contributed by atoms with Gasteiger partial charge in [-0.1, -0.05) is 0 Å². The number of aromatic amines is 1. The van der Waals surface area contributed by atoms with Crippen molar-refractivity contribution in [3.05, 3.63) is 33.1 Å². The second-order valence-corrected chi connectivity index (χ2v) is 10.3. The van der Waals surface area contributed by atoms with E-state index in [0.29, 0.717) is 4.57 Å². The van der Waals surface area contributed by atoms with Crippen LogP contribution < -0.4 is 11.2 Å². The van der Waals surface area contributed by atoms with E-state index in [1.165, 1.54) is 0 Å². The maximum absolute atomic E-state index is 12.9. The van der Waals surface area contributed by atoms with Gasteiger partial charge in [0.05, 0.1) is 13.2 Å². The topological polar surface area (TPSA) is 305 Å². The molecule has 0 aromatic carbocycles. The number of ether oxygens (including phenoxy) is 1. The van der Waals surface area contributed by atoms with Crippen LogP contribution in [0.25, 0.3) is 0 Å². The number of nitrogens with zero attached hydrogens (tertiary/aromatic N) is 1. The number of phosphoric acid groups is 2. The van der Waals surface area contributed by atoms with Crippen LogP contribution in [0.1, 0.15) is 6.23 Å². The maximum Gasteiger partial charge on any atom is 0.484 e. The molecule has 19 nitrogen and oxygen atoms in total. The largest absolute Gasteiger partial charge is 0.484 e. The lowest BCUT2D eigenvalue weighted by molar-refractivity contribution is -0.135. The molecule has 21 heteroatoms. The average Bonchev–Trinajstić information content (AvgIpc) is 3.07. The Morgan fingerprint density at radius 2 is 1.78 bits per heavy atom. The Hall–Kier alpha value is -1.67. The van der Waals surface area contributed by atoms with E-state index in [-0.39, 0.29) is 6.29 Å². The molecule has 0 aliphatic carbocycles. The number of aldehydes is 1. The highest BCUT2D eigenvalue weighted by atomic mass is 31.3. The summed E-state index contributed by atoms with van der Waals surface area (Å²) in [5.74, 6) is 0. The molecule has 206 valence electrons. The van der Waals surface area contributed by atoms with Gasteiger partial charge < -0.3 is 50.0 Å². The van der Waals surface area contributed by atoms with E-state index >= 15 is 0 Å². The highest BCUT2D eigenvalue weighted by Crippen LogP contribution is 2.62. The van der Waals surface area contributed by atoms with Crippen LogP contribution in [0.15, 0.2) is 21.9 Å². The van der Waals surface area contributed by atoms with E-state index in [1.807, 2.05) is 4.98 Å².